The molecule has 100 valence electrons. The predicted molar refractivity (Wildman–Crippen MR) is 69.7 cm³/mol. The minimum atomic E-state index is -3.65. The number of sulfonamides is 1. The highest BCUT2D eigenvalue weighted by Gasteiger charge is 2.13. The summed E-state index contributed by atoms with van der Waals surface area (Å²) in [5.41, 5.74) is 0.659. The van der Waals surface area contributed by atoms with Crippen molar-refractivity contribution in [3.8, 4) is 0 Å². The van der Waals surface area contributed by atoms with Crippen molar-refractivity contribution in [3.05, 3.63) is 59.1 Å². The average Bonchev–Trinajstić information content (AvgIpc) is 2.39. The van der Waals surface area contributed by atoms with Crippen LogP contribution in [-0.4, -0.2) is 13.4 Å². The summed E-state index contributed by atoms with van der Waals surface area (Å²) in [6, 6.07) is 8.33. The molecule has 1 N–H and O–H groups in total. The second kappa shape index (κ2) is 5.64. The van der Waals surface area contributed by atoms with Crippen molar-refractivity contribution in [2.24, 2.45) is 0 Å². The van der Waals surface area contributed by atoms with E-state index in [4.69, 9.17) is 11.6 Å². The van der Waals surface area contributed by atoms with Gasteiger partial charge in [-0.3, -0.25) is 0 Å². The predicted octanol–water partition coefficient (Wildman–Crippen LogP) is 2.35. The van der Waals surface area contributed by atoms with Crippen LogP contribution in [0.15, 0.2) is 47.5 Å². The highest BCUT2D eigenvalue weighted by molar-refractivity contribution is 7.89. The van der Waals surface area contributed by atoms with Crippen molar-refractivity contribution in [3.63, 3.8) is 0 Å². The molecule has 0 bridgehead atoms. The summed E-state index contributed by atoms with van der Waals surface area (Å²) in [6.45, 7) is 0.0746. The zero-order valence-electron chi connectivity index (χ0n) is 9.68. The Labute approximate surface area is 115 Å². The molecule has 4 nitrogen and oxygen atoms in total. The van der Waals surface area contributed by atoms with Gasteiger partial charge in [0.15, 0.2) is 0 Å². The fraction of sp³-hybridized carbons (Fsp3) is 0.0833. The Morgan fingerprint density at radius 3 is 2.42 bits per heavy atom. The minimum absolute atomic E-state index is 0.0269. The monoisotopic (exact) mass is 300 g/mol. The third kappa shape index (κ3) is 3.73. The fourth-order valence-corrected chi connectivity index (χ4v) is 2.46. The molecule has 0 aliphatic heterocycles. The number of halogens is 2. The van der Waals surface area contributed by atoms with Gasteiger partial charge in [0.2, 0.25) is 10.0 Å². The smallest absolute Gasteiger partial charge is 0.242 e. The van der Waals surface area contributed by atoms with E-state index in [9.17, 15) is 12.8 Å². The van der Waals surface area contributed by atoms with Crippen LogP contribution in [0.25, 0.3) is 0 Å². The van der Waals surface area contributed by atoms with Crippen LogP contribution >= 0.6 is 11.6 Å². The van der Waals surface area contributed by atoms with Crippen LogP contribution < -0.4 is 4.72 Å². The summed E-state index contributed by atoms with van der Waals surface area (Å²) >= 11 is 5.59. The first-order chi connectivity index (χ1) is 8.97. The normalized spacial score (nSPS) is 11.5. The van der Waals surface area contributed by atoms with Crippen molar-refractivity contribution in [2.75, 3.05) is 0 Å². The van der Waals surface area contributed by atoms with Gasteiger partial charge in [-0.1, -0.05) is 23.7 Å². The van der Waals surface area contributed by atoms with Crippen LogP contribution in [0.5, 0.6) is 0 Å². The van der Waals surface area contributed by atoms with E-state index in [1.165, 1.54) is 42.6 Å². The SMILES string of the molecule is O=S(=O)(NCc1ccc(F)cc1)c1ccc(Cl)nc1. The highest BCUT2D eigenvalue weighted by Crippen LogP contribution is 2.11. The second-order valence-corrected chi connectivity index (χ2v) is 5.92. The van der Waals surface area contributed by atoms with E-state index in [2.05, 4.69) is 9.71 Å². The van der Waals surface area contributed by atoms with Crippen molar-refractivity contribution in [1.82, 2.24) is 9.71 Å². The lowest BCUT2D eigenvalue weighted by Gasteiger charge is -2.06. The summed E-state index contributed by atoms with van der Waals surface area (Å²) in [6.07, 6.45) is 1.18. The lowest BCUT2D eigenvalue weighted by Crippen LogP contribution is -2.23. The molecule has 0 aliphatic rings. The maximum Gasteiger partial charge on any atom is 0.242 e. The maximum absolute atomic E-state index is 12.7. The molecule has 0 aliphatic carbocycles. The Hall–Kier alpha value is -1.50. The lowest BCUT2D eigenvalue weighted by atomic mass is 10.2. The van der Waals surface area contributed by atoms with E-state index < -0.39 is 10.0 Å². The van der Waals surface area contributed by atoms with Crippen molar-refractivity contribution >= 4 is 21.6 Å². The Kier molecular flexibility index (Phi) is 4.14. The molecule has 1 aromatic carbocycles. The summed E-state index contributed by atoms with van der Waals surface area (Å²) in [7, 11) is -3.65. The number of benzene rings is 1. The summed E-state index contributed by atoms with van der Waals surface area (Å²) in [4.78, 5) is 3.74. The van der Waals surface area contributed by atoms with Crippen LogP contribution in [0.4, 0.5) is 4.39 Å². The zero-order valence-corrected chi connectivity index (χ0v) is 11.2. The van der Waals surface area contributed by atoms with Crippen molar-refractivity contribution in [1.29, 1.82) is 0 Å². The Balaban J connectivity index is 2.09. The van der Waals surface area contributed by atoms with E-state index in [0.717, 1.165) is 0 Å². The summed E-state index contributed by atoms with van der Waals surface area (Å²) in [5.74, 6) is -0.367. The molecule has 0 atom stereocenters. The van der Waals surface area contributed by atoms with E-state index in [1.54, 1.807) is 0 Å². The van der Waals surface area contributed by atoms with Gasteiger partial charge in [0.25, 0.3) is 0 Å². The van der Waals surface area contributed by atoms with Crippen molar-refractivity contribution in [2.45, 2.75) is 11.4 Å². The number of rotatable bonds is 4. The second-order valence-electron chi connectivity index (χ2n) is 3.77. The fourth-order valence-electron chi connectivity index (χ4n) is 1.39. The molecule has 0 saturated heterocycles. The van der Waals surface area contributed by atoms with Gasteiger partial charge in [0, 0.05) is 12.7 Å². The molecular weight excluding hydrogens is 291 g/mol. The van der Waals surface area contributed by atoms with Crippen LogP contribution in [0.2, 0.25) is 5.15 Å². The van der Waals surface area contributed by atoms with Gasteiger partial charge in [-0.2, -0.15) is 0 Å². The Bertz CT molecular complexity index is 657. The molecule has 7 heteroatoms. The zero-order chi connectivity index (χ0) is 13.9. The Morgan fingerprint density at radius 1 is 1.16 bits per heavy atom. The van der Waals surface area contributed by atoms with Crippen LogP contribution in [0, 0.1) is 5.82 Å². The number of hydrogen-bond acceptors (Lipinski definition) is 3. The van der Waals surface area contributed by atoms with Crippen molar-refractivity contribution < 1.29 is 12.8 Å². The number of aromatic nitrogens is 1. The Morgan fingerprint density at radius 2 is 1.84 bits per heavy atom. The summed E-state index contributed by atoms with van der Waals surface area (Å²) < 4.78 is 38.9. The van der Waals surface area contributed by atoms with Crippen LogP contribution in [-0.2, 0) is 16.6 Å². The first kappa shape index (κ1) is 13.9. The van der Waals surface area contributed by atoms with Gasteiger partial charge < -0.3 is 0 Å². The van der Waals surface area contributed by atoms with E-state index in [1.807, 2.05) is 0 Å². The molecule has 0 fully saturated rings. The molecular formula is C12H10ClFN2O2S. The van der Waals surface area contributed by atoms with Gasteiger partial charge in [-0.25, -0.2) is 22.5 Å². The maximum atomic E-state index is 12.7. The molecule has 1 heterocycles. The molecule has 0 unspecified atom stereocenters. The van der Waals surface area contributed by atoms with E-state index >= 15 is 0 Å². The molecule has 0 saturated carbocycles. The quantitative estimate of drug-likeness (QED) is 0.882. The number of hydrogen-bond donors (Lipinski definition) is 1. The molecule has 0 radical (unpaired) electrons. The van der Waals surface area contributed by atoms with Gasteiger partial charge in [0.05, 0.1) is 0 Å². The van der Waals surface area contributed by atoms with Crippen LogP contribution in [0.3, 0.4) is 0 Å². The number of pyridine rings is 1. The average molecular weight is 301 g/mol. The third-order valence-corrected chi connectivity index (χ3v) is 4.00. The standard InChI is InChI=1S/C12H10ClFN2O2S/c13-12-6-5-11(8-15-12)19(17,18)16-7-9-1-3-10(14)4-2-9/h1-6,8,16H,7H2. The van der Waals surface area contributed by atoms with E-state index in [0.29, 0.717) is 5.56 Å². The van der Waals surface area contributed by atoms with Crippen LogP contribution in [0.1, 0.15) is 5.56 Å². The topological polar surface area (TPSA) is 59.1 Å². The molecule has 19 heavy (non-hydrogen) atoms. The molecule has 1 aromatic heterocycles. The molecule has 2 rings (SSSR count). The third-order valence-electron chi connectivity index (χ3n) is 2.39. The minimum Gasteiger partial charge on any atom is -0.243 e. The number of nitrogens with one attached hydrogen (secondary N) is 1. The number of nitrogens with zero attached hydrogens (tertiary/aromatic N) is 1. The molecule has 0 amide bonds. The van der Waals surface area contributed by atoms with Gasteiger partial charge >= 0.3 is 0 Å². The highest BCUT2D eigenvalue weighted by atomic mass is 35.5. The first-order valence-electron chi connectivity index (χ1n) is 5.33. The van der Waals surface area contributed by atoms with Gasteiger partial charge in [-0.15, -0.1) is 0 Å². The van der Waals surface area contributed by atoms with Gasteiger partial charge in [-0.05, 0) is 29.8 Å². The summed E-state index contributed by atoms with van der Waals surface area (Å²) in [5, 5.41) is 0.220. The van der Waals surface area contributed by atoms with Gasteiger partial charge in [0.1, 0.15) is 15.9 Å². The lowest BCUT2D eigenvalue weighted by molar-refractivity contribution is 0.580. The largest absolute Gasteiger partial charge is 0.243 e. The molecule has 0 spiro atoms. The first-order valence-corrected chi connectivity index (χ1v) is 7.19. The molecule has 2 aromatic rings. The van der Waals surface area contributed by atoms with E-state index in [-0.39, 0.29) is 22.4 Å².